The molecule has 0 aromatic rings. The summed E-state index contributed by atoms with van der Waals surface area (Å²) in [4.78, 5) is 14.9. The summed E-state index contributed by atoms with van der Waals surface area (Å²) in [5, 5.41) is 0.441. The van der Waals surface area contributed by atoms with E-state index in [9.17, 15) is 4.79 Å². The first-order chi connectivity index (χ1) is 8.99. The molecule has 1 rings (SSSR count). The molecule has 1 fully saturated rings. The van der Waals surface area contributed by atoms with Gasteiger partial charge >= 0.3 is 0 Å². The van der Waals surface area contributed by atoms with Gasteiger partial charge in [-0.1, -0.05) is 19.9 Å². The fourth-order valence-electron chi connectivity index (χ4n) is 1.76. The highest BCUT2D eigenvalue weighted by molar-refractivity contribution is 8.04. The SMILES string of the molecule is C/C=C(\SC(C)C)C(=O)N1CCC(OC)C1.COC. The predicted octanol–water partition coefficient (Wildman–Crippen LogP) is 2.54. The summed E-state index contributed by atoms with van der Waals surface area (Å²) in [5.41, 5.74) is 0. The molecule has 0 aliphatic carbocycles. The van der Waals surface area contributed by atoms with Crippen LogP contribution < -0.4 is 0 Å². The summed E-state index contributed by atoms with van der Waals surface area (Å²) < 4.78 is 9.52. The van der Waals surface area contributed by atoms with Crippen LogP contribution in [0.25, 0.3) is 0 Å². The number of methoxy groups -OCH3 is 2. The highest BCUT2D eigenvalue weighted by Gasteiger charge is 2.27. The maximum absolute atomic E-state index is 12.2. The minimum Gasteiger partial charge on any atom is -0.388 e. The van der Waals surface area contributed by atoms with E-state index >= 15 is 0 Å². The van der Waals surface area contributed by atoms with Gasteiger partial charge in [0.05, 0.1) is 11.0 Å². The second-order valence-electron chi connectivity index (χ2n) is 4.63. The Kier molecular flexibility index (Phi) is 10.0. The number of carbonyl (C=O) groups is 1. The van der Waals surface area contributed by atoms with Crippen LogP contribution in [0.1, 0.15) is 27.2 Å². The van der Waals surface area contributed by atoms with Gasteiger partial charge in [-0.05, 0) is 13.3 Å². The fraction of sp³-hybridized carbons (Fsp3) is 0.786. The van der Waals surface area contributed by atoms with Gasteiger partial charge in [-0.2, -0.15) is 0 Å². The number of allylic oxidation sites excluding steroid dienone is 1. The van der Waals surface area contributed by atoms with E-state index in [2.05, 4.69) is 18.6 Å². The van der Waals surface area contributed by atoms with E-state index < -0.39 is 0 Å². The maximum atomic E-state index is 12.2. The number of nitrogens with zero attached hydrogens (tertiary/aromatic N) is 1. The number of likely N-dealkylation sites (tertiary alicyclic amines) is 1. The molecule has 0 aromatic heterocycles. The highest BCUT2D eigenvalue weighted by Crippen LogP contribution is 2.25. The number of ether oxygens (including phenoxy) is 2. The quantitative estimate of drug-likeness (QED) is 0.746. The van der Waals surface area contributed by atoms with E-state index in [0.717, 1.165) is 24.4 Å². The summed E-state index contributed by atoms with van der Waals surface area (Å²) >= 11 is 1.63. The van der Waals surface area contributed by atoms with Crippen molar-refractivity contribution in [1.29, 1.82) is 0 Å². The van der Waals surface area contributed by atoms with Crippen molar-refractivity contribution in [2.24, 2.45) is 0 Å². The van der Waals surface area contributed by atoms with Crippen molar-refractivity contribution in [1.82, 2.24) is 4.90 Å². The molecule has 0 N–H and O–H groups in total. The van der Waals surface area contributed by atoms with Gasteiger partial charge in [0.25, 0.3) is 5.91 Å². The van der Waals surface area contributed by atoms with Crippen LogP contribution in [0.2, 0.25) is 0 Å². The minimum absolute atomic E-state index is 0.153. The number of hydrogen-bond donors (Lipinski definition) is 0. The Labute approximate surface area is 121 Å². The standard InChI is InChI=1S/C12H21NO2S.C2H6O/c1-5-11(16-9(2)3)12(14)13-7-6-10(8-13)15-4;1-3-2/h5,9-10H,6-8H2,1-4H3;1-2H3/b11-5-;. The third-order valence-corrected chi connectivity index (χ3v) is 3.74. The third-order valence-electron chi connectivity index (χ3n) is 2.60. The second kappa shape index (κ2) is 10.3. The predicted molar refractivity (Wildman–Crippen MR) is 81.4 cm³/mol. The summed E-state index contributed by atoms with van der Waals surface area (Å²) in [5.74, 6) is 0.153. The van der Waals surface area contributed by atoms with Crippen molar-refractivity contribution in [3.05, 3.63) is 11.0 Å². The Morgan fingerprint density at radius 1 is 1.37 bits per heavy atom. The summed E-state index contributed by atoms with van der Waals surface area (Å²) in [7, 11) is 4.96. The fourth-order valence-corrected chi connectivity index (χ4v) is 2.63. The molecule has 1 amide bonds. The van der Waals surface area contributed by atoms with E-state index in [-0.39, 0.29) is 12.0 Å². The molecular formula is C14H27NO3S. The number of thioether (sulfide) groups is 1. The van der Waals surface area contributed by atoms with Crippen molar-refractivity contribution < 1.29 is 14.3 Å². The van der Waals surface area contributed by atoms with Gasteiger partial charge in [-0.15, -0.1) is 11.8 Å². The van der Waals surface area contributed by atoms with Crippen molar-refractivity contribution >= 4 is 17.7 Å². The zero-order chi connectivity index (χ0) is 14.8. The first kappa shape index (κ1) is 18.5. The molecule has 0 spiro atoms. The molecule has 19 heavy (non-hydrogen) atoms. The van der Waals surface area contributed by atoms with Crippen LogP contribution in [0.15, 0.2) is 11.0 Å². The Bertz CT molecular complexity index is 292. The lowest BCUT2D eigenvalue weighted by atomic mass is 10.3. The number of amides is 1. The normalized spacial score (nSPS) is 19.4. The molecule has 0 aromatic carbocycles. The maximum Gasteiger partial charge on any atom is 0.260 e. The van der Waals surface area contributed by atoms with Crippen LogP contribution >= 0.6 is 11.8 Å². The molecule has 0 saturated carbocycles. The van der Waals surface area contributed by atoms with E-state index in [1.165, 1.54) is 0 Å². The van der Waals surface area contributed by atoms with Crippen molar-refractivity contribution in [2.75, 3.05) is 34.4 Å². The molecule has 1 atom stereocenters. The average molecular weight is 289 g/mol. The molecule has 1 aliphatic heterocycles. The summed E-state index contributed by atoms with van der Waals surface area (Å²) in [6.45, 7) is 7.66. The van der Waals surface area contributed by atoms with Crippen LogP contribution in [0.3, 0.4) is 0 Å². The topological polar surface area (TPSA) is 38.8 Å². The largest absolute Gasteiger partial charge is 0.388 e. The molecule has 1 heterocycles. The molecule has 112 valence electrons. The lowest BCUT2D eigenvalue weighted by molar-refractivity contribution is -0.125. The second-order valence-corrected chi connectivity index (χ2v) is 6.24. The molecule has 4 nitrogen and oxygen atoms in total. The van der Waals surface area contributed by atoms with Crippen LogP contribution in [0.5, 0.6) is 0 Å². The highest BCUT2D eigenvalue weighted by atomic mass is 32.2. The zero-order valence-corrected chi connectivity index (χ0v) is 13.8. The van der Waals surface area contributed by atoms with Gasteiger partial charge in [0.1, 0.15) is 0 Å². The minimum atomic E-state index is 0.153. The Hall–Kier alpha value is -0.520. The number of rotatable bonds is 4. The third kappa shape index (κ3) is 6.99. The van der Waals surface area contributed by atoms with Crippen molar-refractivity contribution in [3.8, 4) is 0 Å². The zero-order valence-electron chi connectivity index (χ0n) is 12.9. The van der Waals surface area contributed by atoms with Crippen LogP contribution in [0.4, 0.5) is 0 Å². The molecule has 1 aliphatic rings. The van der Waals surface area contributed by atoms with Crippen LogP contribution in [-0.4, -0.2) is 56.6 Å². The first-order valence-electron chi connectivity index (χ1n) is 6.55. The summed E-state index contributed by atoms with van der Waals surface area (Å²) in [6, 6.07) is 0. The Morgan fingerprint density at radius 2 is 1.95 bits per heavy atom. The monoisotopic (exact) mass is 289 g/mol. The van der Waals surface area contributed by atoms with E-state index in [1.807, 2.05) is 17.9 Å². The van der Waals surface area contributed by atoms with Gasteiger partial charge in [-0.3, -0.25) is 4.79 Å². The van der Waals surface area contributed by atoms with Gasteiger partial charge in [0, 0.05) is 39.7 Å². The van der Waals surface area contributed by atoms with Crippen molar-refractivity contribution in [2.45, 2.75) is 38.5 Å². The van der Waals surface area contributed by atoms with Crippen LogP contribution in [0, 0.1) is 0 Å². The van der Waals surface area contributed by atoms with Gasteiger partial charge in [0.2, 0.25) is 0 Å². The molecule has 1 saturated heterocycles. The molecule has 5 heteroatoms. The number of hydrogen-bond acceptors (Lipinski definition) is 4. The van der Waals surface area contributed by atoms with Gasteiger partial charge < -0.3 is 14.4 Å². The van der Waals surface area contributed by atoms with Crippen molar-refractivity contribution in [3.63, 3.8) is 0 Å². The van der Waals surface area contributed by atoms with E-state index in [4.69, 9.17) is 4.74 Å². The first-order valence-corrected chi connectivity index (χ1v) is 7.43. The molecule has 0 radical (unpaired) electrons. The smallest absolute Gasteiger partial charge is 0.260 e. The van der Waals surface area contributed by atoms with Gasteiger partial charge in [-0.25, -0.2) is 0 Å². The van der Waals surface area contributed by atoms with Gasteiger partial charge in [0.15, 0.2) is 0 Å². The Balaban J connectivity index is 0.000000982. The van der Waals surface area contributed by atoms with Crippen LogP contribution in [-0.2, 0) is 14.3 Å². The Morgan fingerprint density at radius 3 is 2.32 bits per heavy atom. The van der Waals surface area contributed by atoms with E-state index in [1.54, 1.807) is 33.1 Å². The lowest BCUT2D eigenvalue weighted by Gasteiger charge is -2.18. The molecule has 0 bridgehead atoms. The number of carbonyl (C=O) groups excluding carboxylic acids is 1. The average Bonchev–Trinajstić information content (AvgIpc) is 2.84. The molecular weight excluding hydrogens is 262 g/mol. The molecule has 1 unspecified atom stereocenters. The lowest BCUT2D eigenvalue weighted by Crippen LogP contribution is -2.30. The summed E-state index contributed by atoms with van der Waals surface area (Å²) in [6.07, 6.45) is 3.07. The van der Waals surface area contributed by atoms with E-state index in [0.29, 0.717) is 5.25 Å².